The minimum atomic E-state index is 0.182. The smallest absolute Gasteiger partial charge is 0.220 e. The van der Waals surface area contributed by atoms with E-state index in [-0.39, 0.29) is 5.91 Å². The lowest BCUT2D eigenvalue weighted by atomic mass is 9.96. The second-order valence-electron chi connectivity index (χ2n) is 7.51. The van der Waals surface area contributed by atoms with E-state index in [1.54, 1.807) is 0 Å². The lowest BCUT2D eigenvalue weighted by Gasteiger charge is -2.21. The second kappa shape index (κ2) is 9.02. The van der Waals surface area contributed by atoms with Crippen molar-refractivity contribution in [2.75, 3.05) is 0 Å². The van der Waals surface area contributed by atoms with Gasteiger partial charge in [-0.05, 0) is 50.8 Å². The van der Waals surface area contributed by atoms with Crippen LogP contribution in [-0.4, -0.2) is 21.7 Å². The zero-order valence-corrected chi connectivity index (χ0v) is 16.1. The van der Waals surface area contributed by atoms with Crippen molar-refractivity contribution in [3.63, 3.8) is 0 Å². The zero-order valence-electron chi connectivity index (χ0n) is 16.1. The molecule has 0 atom stereocenters. The molecule has 1 aliphatic rings. The van der Waals surface area contributed by atoms with Gasteiger partial charge < -0.3 is 5.32 Å². The Morgan fingerprint density at radius 1 is 1.08 bits per heavy atom. The van der Waals surface area contributed by atoms with Gasteiger partial charge in [-0.25, -0.2) is 4.68 Å². The van der Waals surface area contributed by atoms with Gasteiger partial charge in [-0.3, -0.25) is 4.79 Å². The predicted octanol–water partition coefficient (Wildman–Crippen LogP) is 4.65. The molecule has 140 valence electrons. The van der Waals surface area contributed by atoms with Crippen LogP contribution < -0.4 is 5.32 Å². The van der Waals surface area contributed by atoms with Crippen LogP contribution in [0, 0.1) is 13.8 Å². The number of nitrogens with one attached hydrogen (secondary N) is 1. The van der Waals surface area contributed by atoms with Crippen molar-refractivity contribution in [3.05, 3.63) is 47.3 Å². The van der Waals surface area contributed by atoms with Crippen molar-refractivity contribution in [2.24, 2.45) is 0 Å². The van der Waals surface area contributed by atoms with Crippen LogP contribution in [0.15, 0.2) is 30.3 Å². The Bertz CT molecular complexity index is 712. The average Bonchev–Trinajstić information content (AvgIpc) is 2.90. The number of hydrogen-bond donors (Lipinski definition) is 1. The molecule has 0 radical (unpaired) electrons. The maximum Gasteiger partial charge on any atom is 0.220 e. The third-order valence-electron chi connectivity index (χ3n) is 5.51. The first-order valence-electron chi connectivity index (χ1n) is 10.0. The number of para-hydroxylation sites is 1. The molecule has 0 spiro atoms. The second-order valence-corrected chi connectivity index (χ2v) is 7.51. The van der Waals surface area contributed by atoms with Crippen molar-refractivity contribution in [3.8, 4) is 5.69 Å². The quantitative estimate of drug-likeness (QED) is 0.850. The number of rotatable bonds is 5. The van der Waals surface area contributed by atoms with Crippen molar-refractivity contribution in [1.29, 1.82) is 0 Å². The van der Waals surface area contributed by atoms with Gasteiger partial charge in [0.15, 0.2) is 0 Å². The molecule has 1 heterocycles. The summed E-state index contributed by atoms with van der Waals surface area (Å²) in [5.41, 5.74) is 4.41. The fourth-order valence-electron chi connectivity index (χ4n) is 4.00. The summed E-state index contributed by atoms with van der Waals surface area (Å²) in [7, 11) is 0. The molecule has 26 heavy (non-hydrogen) atoms. The molecule has 1 aromatic carbocycles. The van der Waals surface area contributed by atoms with Crippen molar-refractivity contribution in [1.82, 2.24) is 15.1 Å². The Balaban J connectivity index is 1.59. The molecular formula is C22H31N3O. The minimum Gasteiger partial charge on any atom is -0.353 e. The number of carbonyl (C=O) groups is 1. The SMILES string of the molecule is Cc1nn(-c2ccccc2)c(C)c1CCC(=O)NC1CCCCCCC1. The number of hydrogen-bond acceptors (Lipinski definition) is 2. The van der Waals surface area contributed by atoms with Gasteiger partial charge in [0.2, 0.25) is 5.91 Å². The third kappa shape index (κ3) is 4.75. The summed E-state index contributed by atoms with van der Waals surface area (Å²) in [5.74, 6) is 0.182. The van der Waals surface area contributed by atoms with E-state index in [0.29, 0.717) is 12.5 Å². The summed E-state index contributed by atoms with van der Waals surface area (Å²) in [6.45, 7) is 4.13. The molecule has 4 heteroatoms. The maximum absolute atomic E-state index is 12.4. The van der Waals surface area contributed by atoms with Crippen molar-refractivity contribution >= 4 is 5.91 Å². The van der Waals surface area contributed by atoms with Gasteiger partial charge in [-0.2, -0.15) is 5.10 Å². The van der Waals surface area contributed by atoms with Gasteiger partial charge in [0, 0.05) is 18.2 Å². The number of aromatic nitrogens is 2. The van der Waals surface area contributed by atoms with Crippen LogP contribution in [0.3, 0.4) is 0 Å². The minimum absolute atomic E-state index is 0.182. The Kier molecular flexibility index (Phi) is 6.48. The van der Waals surface area contributed by atoms with E-state index < -0.39 is 0 Å². The van der Waals surface area contributed by atoms with E-state index in [1.165, 1.54) is 37.7 Å². The Hall–Kier alpha value is -2.10. The van der Waals surface area contributed by atoms with Crippen molar-refractivity contribution in [2.45, 2.75) is 77.7 Å². The summed E-state index contributed by atoms with van der Waals surface area (Å²) in [6, 6.07) is 10.5. The first-order valence-corrected chi connectivity index (χ1v) is 10.0. The van der Waals surface area contributed by atoms with Gasteiger partial charge in [0.1, 0.15) is 0 Å². The molecule has 1 N–H and O–H groups in total. The summed E-state index contributed by atoms with van der Waals surface area (Å²) in [4.78, 5) is 12.4. The molecule has 0 unspecified atom stereocenters. The van der Waals surface area contributed by atoms with Crippen LogP contribution in [0.5, 0.6) is 0 Å². The lowest BCUT2D eigenvalue weighted by Crippen LogP contribution is -2.35. The first-order chi connectivity index (χ1) is 12.6. The number of amides is 1. The molecule has 3 rings (SSSR count). The third-order valence-corrected chi connectivity index (χ3v) is 5.51. The predicted molar refractivity (Wildman–Crippen MR) is 106 cm³/mol. The highest BCUT2D eigenvalue weighted by molar-refractivity contribution is 5.76. The van der Waals surface area contributed by atoms with E-state index in [2.05, 4.69) is 29.5 Å². The number of nitrogens with zero attached hydrogens (tertiary/aromatic N) is 2. The number of aryl methyl sites for hydroxylation is 1. The van der Waals surface area contributed by atoms with E-state index in [9.17, 15) is 4.79 Å². The van der Waals surface area contributed by atoms with E-state index >= 15 is 0 Å². The topological polar surface area (TPSA) is 46.9 Å². The van der Waals surface area contributed by atoms with Gasteiger partial charge >= 0.3 is 0 Å². The normalized spacial score (nSPS) is 16.1. The maximum atomic E-state index is 12.4. The van der Waals surface area contributed by atoms with E-state index in [4.69, 9.17) is 0 Å². The molecule has 1 aliphatic carbocycles. The van der Waals surface area contributed by atoms with Crippen LogP contribution in [0.25, 0.3) is 5.69 Å². The van der Waals surface area contributed by atoms with Crippen LogP contribution >= 0.6 is 0 Å². The van der Waals surface area contributed by atoms with Gasteiger partial charge in [0.05, 0.1) is 11.4 Å². The summed E-state index contributed by atoms with van der Waals surface area (Å²) in [6.07, 6.45) is 10.0. The molecule has 4 nitrogen and oxygen atoms in total. The molecule has 0 bridgehead atoms. The largest absolute Gasteiger partial charge is 0.353 e. The Morgan fingerprint density at radius 2 is 1.73 bits per heavy atom. The lowest BCUT2D eigenvalue weighted by molar-refractivity contribution is -0.121. The van der Waals surface area contributed by atoms with Crippen molar-refractivity contribution < 1.29 is 4.79 Å². The molecule has 1 saturated carbocycles. The molecule has 0 aliphatic heterocycles. The zero-order chi connectivity index (χ0) is 18.4. The van der Waals surface area contributed by atoms with E-state index in [1.807, 2.05) is 29.8 Å². The highest BCUT2D eigenvalue weighted by Gasteiger charge is 2.17. The average molecular weight is 354 g/mol. The van der Waals surface area contributed by atoms with Crippen LogP contribution in [0.4, 0.5) is 0 Å². The Labute approximate surface area is 157 Å². The molecule has 1 amide bonds. The highest BCUT2D eigenvalue weighted by atomic mass is 16.1. The van der Waals surface area contributed by atoms with Gasteiger partial charge in [-0.1, -0.05) is 50.3 Å². The number of carbonyl (C=O) groups excluding carboxylic acids is 1. The molecule has 0 saturated heterocycles. The van der Waals surface area contributed by atoms with Gasteiger partial charge in [-0.15, -0.1) is 0 Å². The summed E-state index contributed by atoms with van der Waals surface area (Å²) >= 11 is 0. The summed E-state index contributed by atoms with van der Waals surface area (Å²) in [5, 5.41) is 7.95. The fraction of sp³-hybridized carbons (Fsp3) is 0.545. The molecule has 1 fully saturated rings. The molecule has 2 aromatic rings. The fourth-order valence-corrected chi connectivity index (χ4v) is 4.00. The standard InChI is InChI=1S/C22H31N3O/c1-17-21(18(2)25(24-17)20-13-9-6-10-14-20)15-16-22(26)23-19-11-7-4-3-5-8-12-19/h6,9-10,13-14,19H,3-5,7-8,11-12,15-16H2,1-2H3,(H,23,26). The summed E-state index contributed by atoms with van der Waals surface area (Å²) < 4.78 is 1.98. The number of benzene rings is 1. The molecule has 1 aromatic heterocycles. The van der Waals surface area contributed by atoms with E-state index in [0.717, 1.165) is 36.3 Å². The van der Waals surface area contributed by atoms with Crippen LogP contribution in [0.2, 0.25) is 0 Å². The van der Waals surface area contributed by atoms with Crippen LogP contribution in [0.1, 0.15) is 68.3 Å². The van der Waals surface area contributed by atoms with Crippen LogP contribution in [-0.2, 0) is 11.2 Å². The monoisotopic (exact) mass is 353 g/mol. The Morgan fingerprint density at radius 3 is 2.42 bits per heavy atom. The molecular weight excluding hydrogens is 322 g/mol. The van der Waals surface area contributed by atoms with Gasteiger partial charge in [0.25, 0.3) is 0 Å². The first kappa shape index (κ1) is 18.7. The highest BCUT2D eigenvalue weighted by Crippen LogP contribution is 2.20.